The zero-order valence-electron chi connectivity index (χ0n) is 13.8. The summed E-state index contributed by atoms with van der Waals surface area (Å²) in [5.41, 5.74) is 1.47. The first-order chi connectivity index (χ1) is 9.71. The van der Waals surface area contributed by atoms with E-state index in [1.807, 2.05) is 32.0 Å². The van der Waals surface area contributed by atoms with Crippen molar-refractivity contribution < 1.29 is 9.53 Å². The number of terminal acetylenes is 1. The van der Waals surface area contributed by atoms with Crippen molar-refractivity contribution in [1.82, 2.24) is 0 Å². The lowest BCUT2D eigenvalue weighted by atomic mass is 9.79. The van der Waals surface area contributed by atoms with E-state index >= 15 is 0 Å². The summed E-state index contributed by atoms with van der Waals surface area (Å²) >= 11 is 0. The highest BCUT2D eigenvalue weighted by atomic mass is 16.5. The molecule has 0 aliphatic carbocycles. The van der Waals surface area contributed by atoms with E-state index in [9.17, 15) is 4.79 Å². The number of Topliss-reactive ketones (excluding diaryl/α,β-unsaturated/α-hetero) is 1. The van der Waals surface area contributed by atoms with Gasteiger partial charge < -0.3 is 4.74 Å². The molecule has 21 heavy (non-hydrogen) atoms. The monoisotopic (exact) mass is 286 g/mol. The molecule has 2 heteroatoms. The van der Waals surface area contributed by atoms with Gasteiger partial charge in [-0.25, -0.2) is 0 Å². The first kappa shape index (κ1) is 17.5. The zero-order chi connectivity index (χ0) is 16.1. The van der Waals surface area contributed by atoms with E-state index in [0.29, 0.717) is 19.6 Å². The van der Waals surface area contributed by atoms with E-state index in [1.54, 1.807) is 6.92 Å². The molecule has 1 unspecified atom stereocenters. The van der Waals surface area contributed by atoms with Crippen LogP contribution in [-0.2, 0) is 14.9 Å². The molecule has 1 aromatic rings. The summed E-state index contributed by atoms with van der Waals surface area (Å²) in [6, 6.07) is 8.05. The molecule has 0 heterocycles. The van der Waals surface area contributed by atoms with Crippen molar-refractivity contribution in [1.29, 1.82) is 0 Å². The number of aryl methyl sites for hydroxylation is 1. The van der Waals surface area contributed by atoms with Gasteiger partial charge in [0.05, 0.1) is 18.6 Å². The van der Waals surface area contributed by atoms with Gasteiger partial charge in [-0.1, -0.05) is 43.7 Å². The summed E-state index contributed by atoms with van der Waals surface area (Å²) < 4.78 is 5.86. The third kappa shape index (κ3) is 4.72. The fraction of sp³-hybridized carbons (Fsp3) is 0.526. The summed E-state index contributed by atoms with van der Waals surface area (Å²) in [5.74, 6) is 2.78. The van der Waals surface area contributed by atoms with Crippen molar-refractivity contribution in [2.75, 3.05) is 13.2 Å². The van der Waals surface area contributed by atoms with Gasteiger partial charge in [0.15, 0.2) is 0 Å². The molecule has 0 spiro atoms. The third-order valence-electron chi connectivity index (χ3n) is 3.90. The maximum absolute atomic E-state index is 12.1. The molecular weight excluding hydrogens is 260 g/mol. The van der Waals surface area contributed by atoms with Gasteiger partial charge in [-0.15, -0.1) is 12.3 Å². The zero-order valence-corrected chi connectivity index (χ0v) is 13.8. The Hall–Kier alpha value is -1.59. The molecule has 1 aromatic carbocycles. The van der Waals surface area contributed by atoms with Gasteiger partial charge in [0.2, 0.25) is 0 Å². The van der Waals surface area contributed by atoms with Crippen molar-refractivity contribution in [3.8, 4) is 12.3 Å². The number of ether oxygens (including phenoxy) is 1. The number of hydrogen-bond acceptors (Lipinski definition) is 2. The van der Waals surface area contributed by atoms with Crippen LogP contribution >= 0.6 is 0 Å². The Balaban J connectivity index is 2.84. The van der Waals surface area contributed by atoms with Gasteiger partial charge in [-0.3, -0.25) is 4.79 Å². The molecule has 0 saturated heterocycles. The molecule has 0 saturated carbocycles. The van der Waals surface area contributed by atoms with Crippen molar-refractivity contribution >= 4 is 5.78 Å². The minimum absolute atomic E-state index is 0.0704. The average Bonchev–Trinajstić information content (AvgIpc) is 2.37. The molecule has 0 bridgehead atoms. The lowest BCUT2D eigenvalue weighted by Gasteiger charge is -2.30. The number of carbonyl (C=O) groups excluding carboxylic acids is 1. The van der Waals surface area contributed by atoms with Gasteiger partial charge in [-0.05, 0) is 31.7 Å². The van der Waals surface area contributed by atoms with E-state index in [4.69, 9.17) is 11.2 Å². The average molecular weight is 286 g/mol. The van der Waals surface area contributed by atoms with Gasteiger partial charge in [0.25, 0.3) is 0 Å². The lowest BCUT2D eigenvalue weighted by Crippen LogP contribution is -2.37. The van der Waals surface area contributed by atoms with E-state index in [1.165, 1.54) is 0 Å². The Morgan fingerprint density at radius 1 is 1.29 bits per heavy atom. The number of hydrogen-bond donors (Lipinski definition) is 0. The van der Waals surface area contributed by atoms with Gasteiger partial charge >= 0.3 is 0 Å². The maximum Gasteiger partial charge on any atom is 0.142 e. The fourth-order valence-electron chi connectivity index (χ4n) is 2.24. The standard InChI is InChI=1S/C19H26O2/c1-7-11-18(4,5)13-21-14-19(6,16(3)20)17-10-8-9-15(2)12-17/h1,8-10,12H,11,13-14H2,2-6H3. The van der Waals surface area contributed by atoms with Crippen LogP contribution in [-0.4, -0.2) is 19.0 Å². The summed E-state index contributed by atoms with van der Waals surface area (Å²) in [7, 11) is 0. The highest BCUT2D eigenvalue weighted by Crippen LogP contribution is 2.28. The lowest BCUT2D eigenvalue weighted by molar-refractivity contribution is -0.124. The second kappa shape index (κ2) is 6.91. The Kier molecular flexibility index (Phi) is 5.75. The third-order valence-corrected chi connectivity index (χ3v) is 3.90. The molecule has 0 aromatic heterocycles. The Morgan fingerprint density at radius 2 is 1.95 bits per heavy atom. The summed E-state index contributed by atoms with van der Waals surface area (Å²) in [6.07, 6.45) is 6.03. The van der Waals surface area contributed by atoms with Gasteiger partial charge in [0.1, 0.15) is 5.78 Å². The summed E-state index contributed by atoms with van der Waals surface area (Å²) in [5, 5.41) is 0. The second-order valence-corrected chi connectivity index (χ2v) is 6.80. The van der Waals surface area contributed by atoms with Crippen LogP contribution in [0.4, 0.5) is 0 Å². The molecule has 0 amide bonds. The number of ketones is 1. The Labute approximate surface area is 128 Å². The molecular formula is C19H26O2. The first-order valence-electron chi connectivity index (χ1n) is 7.31. The topological polar surface area (TPSA) is 26.3 Å². The van der Waals surface area contributed by atoms with Crippen molar-refractivity contribution in [2.24, 2.45) is 5.41 Å². The normalized spacial score (nSPS) is 14.3. The van der Waals surface area contributed by atoms with Crippen LogP contribution in [0.25, 0.3) is 0 Å². The van der Waals surface area contributed by atoms with E-state index in [2.05, 4.69) is 25.8 Å². The smallest absolute Gasteiger partial charge is 0.142 e. The Morgan fingerprint density at radius 3 is 2.48 bits per heavy atom. The van der Waals surface area contributed by atoms with Crippen LogP contribution in [0.1, 0.15) is 45.2 Å². The van der Waals surface area contributed by atoms with E-state index < -0.39 is 5.41 Å². The summed E-state index contributed by atoms with van der Waals surface area (Å²) in [4.78, 5) is 12.1. The largest absolute Gasteiger partial charge is 0.379 e. The number of benzene rings is 1. The van der Waals surface area contributed by atoms with E-state index in [0.717, 1.165) is 11.1 Å². The molecule has 0 radical (unpaired) electrons. The molecule has 0 fully saturated rings. The second-order valence-electron chi connectivity index (χ2n) is 6.80. The predicted molar refractivity (Wildman–Crippen MR) is 87.3 cm³/mol. The number of carbonyl (C=O) groups is 1. The van der Waals surface area contributed by atoms with Gasteiger partial charge in [0, 0.05) is 6.42 Å². The molecule has 0 N–H and O–H groups in total. The van der Waals surface area contributed by atoms with Crippen molar-refractivity contribution in [3.63, 3.8) is 0 Å². The van der Waals surface area contributed by atoms with Crippen LogP contribution in [0.3, 0.4) is 0 Å². The predicted octanol–water partition coefficient (Wildman–Crippen LogP) is 3.91. The molecule has 0 aliphatic heterocycles. The number of rotatable bonds is 7. The van der Waals surface area contributed by atoms with Gasteiger partial charge in [-0.2, -0.15) is 0 Å². The Bertz CT molecular complexity index is 537. The van der Waals surface area contributed by atoms with Crippen molar-refractivity contribution in [2.45, 2.75) is 46.5 Å². The molecule has 114 valence electrons. The molecule has 2 nitrogen and oxygen atoms in total. The summed E-state index contributed by atoms with van der Waals surface area (Å²) in [6.45, 7) is 10.7. The van der Waals surface area contributed by atoms with Crippen LogP contribution in [0, 0.1) is 24.7 Å². The molecule has 0 aliphatic rings. The molecule has 1 rings (SSSR count). The highest BCUT2D eigenvalue weighted by molar-refractivity contribution is 5.87. The quantitative estimate of drug-likeness (QED) is 0.710. The fourth-order valence-corrected chi connectivity index (χ4v) is 2.24. The SMILES string of the molecule is C#CCC(C)(C)COCC(C)(C(C)=O)c1cccc(C)c1. The van der Waals surface area contributed by atoms with E-state index in [-0.39, 0.29) is 11.2 Å². The van der Waals surface area contributed by atoms with Crippen LogP contribution < -0.4 is 0 Å². The van der Waals surface area contributed by atoms with Crippen LogP contribution in [0.2, 0.25) is 0 Å². The van der Waals surface area contributed by atoms with Crippen LogP contribution in [0.15, 0.2) is 24.3 Å². The van der Waals surface area contributed by atoms with Crippen LogP contribution in [0.5, 0.6) is 0 Å². The van der Waals surface area contributed by atoms with Crippen molar-refractivity contribution in [3.05, 3.63) is 35.4 Å². The minimum atomic E-state index is -0.613. The minimum Gasteiger partial charge on any atom is -0.379 e. The molecule has 1 atom stereocenters. The first-order valence-corrected chi connectivity index (χ1v) is 7.31. The highest BCUT2D eigenvalue weighted by Gasteiger charge is 2.33. The maximum atomic E-state index is 12.1.